The maximum atomic E-state index is 6.38. The summed E-state index contributed by atoms with van der Waals surface area (Å²) in [6.07, 6.45) is 17.2. The molecule has 2 heterocycles. The van der Waals surface area contributed by atoms with Crippen LogP contribution in [0.5, 0.6) is 0 Å². The Hall–Kier alpha value is -1.22. The van der Waals surface area contributed by atoms with Crippen molar-refractivity contribution in [2.24, 2.45) is 11.8 Å². The number of nitrogens with zero attached hydrogens (tertiary/aromatic N) is 1. The molecule has 0 spiro atoms. The van der Waals surface area contributed by atoms with E-state index < -0.39 is 0 Å². The fraction of sp³-hybridized carbons (Fsp3) is 0.750. The van der Waals surface area contributed by atoms with Gasteiger partial charge in [-0.05, 0) is 74.3 Å². The normalized spacial score (nSPS) is 39.7. The molecule has 2 saturated heterocycles. The molecule has 2 saturated carbocycles. The van der Waals surface area contributed by atoms with Crippen molar-refractivity contribution >= 4 is 11.4 Å². The van der Waals surface area contributed by atoms with Crippen LogP contribution in [-0.2, 0) is 0 Å². The van der Waals surface area contributed by atoms with Crippen LogP contribution in [0.4, 0.5) is 11.4 Å². The van der Waals surface area contributed by atoms with Gasteiger partial charge in [-0.3, -0.25) is 4.90 Å². The second-order valence-electron chi connectivity index (χ2n) is 10.1. The van der Waals surface area contributed by atoms with Gasteiger partial charge in [-0.15, -0.1) is 0 Å². The maximum absolute atomic E-state index is 6.38. The summed E-state index contributed by atoms with van der Waals surface area (Å²) in [5, 5.41) is 0. The third-order valence-electron chi connectivity index (χ3n) is 8.42. The van der Waals surface area contributed by atoms with Crippen LogP contribution in [0.25, 0.3) is 0 Å². The lowest BCUT2D eigenvalue weighted by Crippen LogP contribution is -2.57. The molecule has 3 nitrogen and oxygen atoms in total. The Bertz CT molecular complexity index is 644. The lowest BCUT2D eigenvalue weighted by atomic mass is 9.71. The monoisotopic (exact) mass is 367 g/mol. The van der Waals surface area contributed by atoms with Gasteiger partial charge in [-0.25, -0.2) is 0 Å². The highest BCUT2D eigenvalue weighted by Gasteiger charge is 2.44. The molecule has 1 aromatic carbocycles. The lowest BCUT2D eigenvalue weighted by molar-refractivity contribution is -0.0338. The van der Waals surface area contributed by atoms with E-state index in [4.69, 9.17) is 11.5 Å². The molecule has 4 N–H and O–H groups in total. The first-order valence-corrected chi connectivity index (χ1v) is 11.6. The maximum Gasteiger partial charge on any atom is 0.0583 e. The van der Waals surface area contributed by atoms with Crippen molar-refractivity contribution in [1.82, 2.24) is 4.90 Å². The predicted molar refractivity (Wildman–Crippen MR) is 114 cm³/mol. The van der Waals surface area contributed by atoms with Gasteiger partial charge in [0.15, 0.2) is 0 Å². The zero-order chi connectivity index (χ0) is 18.4. The van der Waals surface area contributed by atoms with Gasteiger partial charge in [-0.1, -0.05) is 44.2 Å². The zero-order valence-electron chi connectivity index (χ0n) is 16.8. The average molecular weight is 368 g/mol. The average Bonchev–Trinajstić information content (AvgIpc) is 2.82. The van der Waals surface area contributed by atoms with Crippen molar-refractivity contribution in [2.45, 2.75) is 101 Å². The molecule has 6 atom stereocenters. The van der Waals surface area contributed by atoms with Gasteiger partial charge in [0.1, 0.15) is 0 Å². The Morgan fingerprint density at radius 1 is 0.704 bits per heavy atom. The Balaban J connectivity index is 1.36. The molecule has 0 aromatic heterocycles. The molecule has 4 aliphatic rings. The Kier molecular flexibility index (Phi) is 4.83. The quantitative estimate of drug-likeness (QED) is 0.696. The fourth-order valence-corrected chi connectivity index (χ4v) is 7.34. The van der Waals surface area contributed by atoms with Gasteiger partial charge >= 0.3 is 0 Å². The van der Waals surface area contributed by atoms with E-state index in [0.29, 0.717) is 5.92 Å². The van der Waals surface area contributed by atoms with Gasteiger partial charge in [0.25, 0.3) is 0 Å². The molecule has 0 unspecified atom stereocenters. The molecule has 2 aliphatic heterocycles. The van der Waals surface area contributed by atoms with Crippen LogP contribution in [0.2, 0.25) is 0 Å². The smallest absolute Gasteiger partial charge is 0.0583 e. The summed E-state index contributed by atoms with van der Waals surface area (Å²) in [7, 11) is 0. The number of rotatable bonds is 2. The molecule has 0 amide bonds. The third kappa shape index (κ3) is 3.37. The summed E-state index contributed by atoms with van der Waals surface area (Å²) in [6.45, 7) is 0. The van der Waals surface area contributed by atoms with Crippen molar-refractivity contribution in [2.75, 3.05) is 11.5 Å². The topological polar surface area (TPSA) is 55.3 Å². The standard InChI is InChI=1S/C24H37N3/c25-23-10-4-9-22(24(23)26)18-14-19-7-3-8-20(15-18)27(19)21-12-16-5-1-2-6-17(11-16)13-21/h4,9-10,16-21H,1-3,5-8,11-15,25-26H2/t16-,17+,18-,19-,20+,21-. The molecular formula is C24H37N3. The highest BCUT2D eigenvalue weighted by Crippen LogP contribution is 2.48. The molecule has 4 fully saturated rings. The van der Waals surface area contributed by atoms with Crippen LogP contribution in [0.1, 0.15) is 88.5 Å². The molecule has 148 valence electrons. The second kappa shape index (κ2) is 7.31. The first-order valence-electron chi connectivity index (χ1n) is 11.6. The predicted octanol–water partition coefficient (Wildman–Crippen LogP) is 5.31. The Morgan fingerprint density at radius 2 is 1.37 bits per heavy atom. The second-order valence-corrected chi connectivity index (χ2v) is 10.1. The summed E-state index contributed by atoms with van der Waals surface area (Å²) in [5.41, 5.74) is 15.4. The SMILES string of the molecule is Nc1cccc([C@@H]2C[C@H]3CCC[C@@H](C2)N3[C@@H]2C[C@@H]3CCCC[C@@H](C3)C2)c1N. The van der Waals surface area contributed by atoms with E-state index in [2.05, 4.69) is 17.0 Å². The minimum Gasteiger partial charge on any atom is -0.397 e. The number of nitrogens with two attached hydrogens (primary N) is 2. The minimum atomic E-state index is 0.603. The van der Waals surface area contributed by atoms with Gasteiger partial charge in [0.05, 0.1) is 11.4 Å². The fourth-order valence-electron chi connectivity index (χ4n) is 7.34. The van der Waals surface area contributed by atoms with Crippen molar-refractivity contribution in [3.05, 3.63) is 23.8 Å². The number of benzene rings is 1. The molecular weight excluding hydrogens is 330 g/mol. The van der Waals surface area contributed by atoms with E-state index >= 15 is 0 Å². The number of hydrogen-bond acceptors (Lipinski definition) is 3. The van der Waals surface area contributed by atoms with E-state index in [1.807, 2.05) is 6.07 Å². The summed E-state index contributed by atoms with van der Waals surface area (Å²) in [4.78, 5) is 3.03. The molecule has 2 aliphatic carbocycles. The minimum absolute atomic E-state index is 0.603. The van der Waals surface area contributed by atoms with Crippen molar-refractivity contribution in [3.8, 4) is 0 Å². The van der Waals surface area contributed by atoms with Crippen LogP contribution < -0.4 is 11.5 Å². The number of para-hydroxylation sites is 1. The molecule has 5 rings (SSSR count). The number of anilines is 2. The largest absolute Gasteiger partial charge is 0.397 e. The summed E-state index contributed by atoms with van der Waals surface area (Å²) in [6, 6.07) is 8.67. The van der Waals surface area contributed by atoms with E-state index in [1.165, 1.54) is 82.6 Å². The van der Waals surface area contributed by atoms with Crippen LogP contribution in [0, 0.1) is 11.8 Å². The number of piperidine rings is 2. The molecule has 1 aromatic rings. The van der Waals surface area contributed by atoms with E-state index in [1.54, 1.807) is 0 Å². The molecule has 0 radical (unpaired) electrons. The first-order chi connectivity index (χ1) is 13.2. The number of fused-ring (bicyclic) bond motifs is 4. The number of hydrogen-bond donors (Lipinski definition) is 2. The van der Waals surface area contributed by atoms with Crippen molar-refractivity contribution in [1.29, 1.82) is 0 Å². The van der Waals surface area contributed by atoms with Crippen LogP contribution in [-0.4, -0.2) is 23.0 Å². The lowest BCUT2D eigenvalue weighted by Gasteiger charge is -2.54. The summed E-state index contributed by atoms with van der Waals surface area (Å²) < 4.78 is 0. The molecule has 4 bridgehead atoms. The summed E-state index contributed by atoms with van der Waals surface area (Å²) >= 11 is 0. The van der Waals surface area contributed by atoms with Crippen molar-refractivity contribution < 1.29 is 0 Å². The Labute approximate surface area is 164 Å². The highest BCUT2D eigenvalue weighted by molar-refractivity contribution is 5.68. The van der Waals surface area contributed by atoms with E-state index in [-0.39, 0.29) is 0 Å². The number of nitrogen functional groups attached to an aromatic ring is 2. The van der Waals surface area contributed by atoms with E-state index in [9.17, 15) is 0 Å². The van der Waals surface area contributed by atoms with Crippen LogP contribution >= 0.6 is 0 Å². The third-order valence-corrected chi connectivity index (χ3v) is 8.42. The summed E-state index contributed by atoms with van der Waals surface area (Å²) in [5.74, 6) is 2.63. The van der Waals surface area contributed by atoms with Crippen molar-refractivity contribution in [3.63, 3.8) is 0 Å². The Morgan fingerprint density at radius 3 is 2.04 bits per heavy atom. The highest BCUT2D eigenvalue weighted by atomic mass is 15.2. The van der Waals surface area contributed by atoms with Gasteiger partial charge in [-0.2, -0.15) is 0 Å². The van der Waals surface area contributed by atoms with Crippen LogP contribution in [0.15, 0.2) is 18.2 Å². The zero-order valence-corrected chi connectivity index (χ0v) is 16.8. The van der Waals surface area contributed by atoms with Gasteiger partial charge in [0.2, 0.25) is 0 Å². The molecule has 27 heavy (non-hydrogen) atoms. The van der Waals surface area contributed by atoms with Crippen LogP contribution in [0.3, 0.4) is 0 Å². The molecule has 3 heteroatoms. The van der Waals surface area contributed by atoms with Gasteiger partial charge < -0.3 is 11.5 Å². The first kappa shape index (κ1) is 17.8. The van der Waals surface area contributed by atoms with E-state index in [0.717, 1.165) is 41.3 Å². The van der Waals surface area contributed by atoms with Gasteiger partial charge in [0, 0.05) is 18.1 Å².